The van der Waals surface area contributed by atoms with Crippen LogP contribution in [-0.2, 0) is 74.3 Å². The third-order valence-electron chi connectivity index (χ3n) is 10.8. The first kappa shape index (κ1) is 95.1. The Morgan fingerprint density at radius 1 is 0.214 bits per heavy atom. The molecule has 0 saturated carbocycles. The Bertz CT molecular complexity index is 2920. The molecule has 12 aromatic carbocycles. The van der Waals surface area contributed by atoms with Gasteiger partial charge in [-0.15, -0.1) is 24.3 Å². The molecule has 0 radical (unpaired) electrons. The van der Waals surface area contributed by atoms with Gasteiger partial charge in [0.1, 0.15) is 0 Å². The number of halogens is 12. The summed E-state index contributed by atoms with van der Waals surface area (Å²) in [5.74, 6) is 0. The van der Waals surface area contributed by atoms with E-state index in [1.807, 2.05) is 218 Å². The predicted octanol–water partition coefficient (Wildman–Crippen LogP) is 23.3. The quantitative estimate of drug-likeness (QED) is 0.0656. The van der Waals surface area contributed by atoms with Crippen LogP contribution in [0.15, 0.2) is 267 Å². The third-order valence-corrected chi connectivity index (χ3v) is 10.8. The summed E-state index contributed by atoms with van der Waals surface area (Å²) in [5.41, 5.74) is 0. The molecule has 504 valence electrons. The van der Waals surface area contributed by atoms with Crippen molar-refractivity contribution in [1.29, 1.82) is 0 Å². The average Bonchev–Trinajstić information content (AvgIpc) is 0.879. The van der Waals surface area contributed by atoms with Gasteiger partial charge in [0.2, 0.25) is 0 Å². The first-order valence-corrected chi connectivity index (χ1v) is 33.0. The number of hydrogen-bond acceptors (Lipinski definition) is 4. The van der Waals surface area contributed by atoms with E-state index in [-0.39, 0.29) is 104 Å². The first-order valence-electron chi connectivity index (χ1n) is 28.9. The van der Waals surface area contributed by atoms with Crippen molar-refractivity contribution in [2.45, 2.75) is 25.7 Å². The molecular weight excluding hydrogens is 1910 g/mol. The molecule has 3 aliphatic heterocycles. The van der Waals surface area contributed by atoms with Crippen molar-refractivity contribution in [3.05, 3.63) is 340 Å². The van der Waals surface area contributed by atoms with Gasteiger partial charge in [0.15, 0.2) is 0 Å². The van der Waals surface area contributed by atoms with E-state index < -0.39 is 15.6 Å². The fourth-order valence-electron chi connectivity index (χ4n) is 6.82. The number of benzene rings is 12. The normalized spacial score (nSPS) is 13.3. The second kappa shape index (κ2) is 52.1. The molecule has 0 N–H and O–H groups in total. The molecule has 98 heavy (non-hydrogen) atoms. The molecule has 4 nitrogen and oxygen atoms in total. The third kappa shape index (κ3) is 64.4. The van der Waals surface area contributed by atoms with Gasteiger partial charge >= 0.3 is 170 Å². The maximum Gasteiger partial charge on any atom is 5.00 e. The van der Waals surface area contributed by atoms with Crippen molar-refractivity contribution >= 4 is 108 Å². The van der Waals surface area contributed by atoms with Crippen molar-refractivity contribution in [2.24, 2.45) is 0 Å². The molecule has 15 rings (SSSR count). The van der Waals surface area contributed by atoms with Gasteiger partial charge in [0.25, 0.3) is 0 Å². The molecular formula is C76H68F12Hg2O4P2Sb2. The number of ether oxygens (including phenoxy) is 4. The van der Waals surface area contributed by atoms with Crippen LogP contribution < -0.4 is 0 Å². The fraction of sp³-hybridized carbons (Fsp3) is 0.158. The maximum atomic E-state index is 9.87. The smallest absolute Gasteiger partial charge is 0.286 e. The van der Waals surface area contributed by atoms with Crippen LogP contribution in [0.25, 0.3) is 43.1 Å². The standard InChI is InChI=1S/4C10H6.4C6H5.C4H8O2.2C4H8O.2F6P.2Hg.2Sb/c4*1-2-6-10-8-4-3-7-9(10)5-1;4*1-2-4-6-5-3-1;1-2-6-4-3-5-1;2*1-2-4-5-3-1;2*1-7(2,3,4,5)6;;;;/h4*1-5,7H;4*1-5H;1-4H2;2*1-4H2;;;;;;/q4*-2;4*-1;;;;2*-1;2*+2;2*+5. The van der Waals surface area contributed by atoms with Crippen LogP contribution in [0.1, 0.15) is 25.7 Å². The molecule has 0 spiro atoms. The molecule has 0 unspecified atom stereocenters. The molecule has 0 aromatic heterocycles. The van der Waals surface area contributed by atoms with Crippen molar-refractivity contribution in [3.63, 3.8) is 0 Å². The van der Waals surface area contributed by atoms with Crippen LogP contribution in [0.3, 0.4) is 0 Å². The molecule has 3 heterocycles. The zero-order valence-corrected chi connectivity index (χ0v) is 71.2. The number of hydrogen-bond donors (Lipinski definition) is 0. The van der Waals surface area contributed by atoms with Crippen LogP contribution in [0.5, 0.6) is 0 Å². The summed E-state index contributed by atoms with van der Waals surface area (Å²) >= 11 is 0. The molecule has 3 fully saturated rings. The van der Waals surface area contributed by atoms with Crippen molar-refractivity contribution in [2.75, 3.05) is 52.9 Å². The van der Waals surface area contributed by atoms with Crippen LogP contribution in [0.4, 0.5) is 50.4 Å². The van der Waals surface area contributed by atoms with E-state index in [9.17, 15) is 50.4 Å². The molecule has 0 bridgehead atoms. The minimum Gasteiger partial charge on any atom is -0.286 e. The van der Waals surface area contributed by atoms with E-state index in [4.69, 9.17) is 18.9 Å². The Balaban J connectivity index is 0. The van der Waals surface area contributed by atoms with Gasteiger partial charge in [-0.3, -0.25) is 70.1 Å². The summed E-state index contributed by atoms with van der Waals surface area (Å²) in [6.07, 6.45) is 5.11. The van der Waals surface area contributed by atoms with Crippen LogP contribution in [-0.4, -0.2) is 102 Å². The predicted molar refractivity (Wildman–Crippen MR) is 368 cm³/mol. The summed E-state index contributed by atoms with van der Waals surface area (Å²) in [5, 5.41) is 9.04. The van der Waals surface area contributed by atoms with Crippen molar-refractivity contribution < 1.29 is 125 Å². The molecule has 3 saturated heterocycles. The van der Waals surface area contributed by atoms with Gasteiger partial charge < -0.3 is 18.9 Å². The molecule has 3 aliphatic rings. The van der Waals surface area contributed by atoms with E-state index in [0.717, 1.165) is 74.4 Å². The zero-order valence-electron chi connectivity index (χ0n) is 53.3. The van der Waals surface area contributed by atoms with Crippen LogP contribution in [0.2, 0.25) is 0 Å². The monoisotopic (exact) mass is 1980 g/mol. The largest absolute Gasteiger partial charge is 5.00 e. The van der Waals surface area contributed by atoms with E-state index in [0.29, 0.717) is 0 Å². The average molecular weight is 1980 g/mol. The minimum atomic E-state index is -10.7. The van der Waals surface area contributed by atoms with Crippen LogP contribution in [0, 0.1) is 72.8 Å². The van der Waals surface area contributed by atoms with Gasteiger partial charge in [0, 0.05) is 26.4 Å². The molecule has 0 atom stereocenters. The second-order valence-electron chi connectivity index (χ2n) is 18.8. The Hall–Kier alpha value is -4.95. The number of rotatable bonds is 0. The van der Waals surface area contributed by atoms with Gasteiger partial charge in [-0.25, -0.2) is 94.3 Å². The number of fused-ring (bicyclic) bond motifs is 4. The fourth-order valence-corrected chi connectivity index (χ4v) is 6.82. The first-order chi connectivity index (χ1) is 44.8. The van der Waals surface area contributed by atoms with Gasteiger partial charge in [-0.2, -0.15) is 170 Å². The van der Waals surface area contributed by atoms with E-state index in [2.05, 4.69) is 121 Å². The van der Waals surface area contributed by atoms with E-state index in [1.54, 1.807) is 0 Å². The second-order valence-corrected chi connectivity index (χ2v) is 22.6. The van der Waals surface area contributed by atoms with E-state index in [1.165, 1.54) is 47.2 Å². The van der Waals surface area contributed by atoms with E-state index >= 15 is 0 Å². The molecule has 22 heteroatoms. The van der Waals surface area contributed by atoms with Gasteiger partial charge in [-0.05, 0) is 25.7 Å². The topological polar surface area (TPSA) is 36.9 Å². The summed E-state index contributed by atoms with van der Waals surface area (Å²) in [7, 11) is -21.3. The SMILES string of the molecule is C1CCOC1.C1CCOC1.C1COCCO1.F[P-](F)(F)(F)(F)F.F[P-](F)(F)(F)(F)F.[Hg+2].[Hg+2].[Sb+5].[Sb+5].[c-]1cccc2ccc[c-]c12.[c-]1cccc2ccc[c-]c12.[c-]1cccc2ccc[c-]c12.[c-]1cccc2ccc[c-]c12.[c-]1ccccc1.[c-]1ccccc1.[c-]1ccccc1.[c-]1ccccc1. The van der Waals surface area contributed by atoms with Crippen LogP contribution >= 0.6 is 15.6 Å². The molecule has 0 amide bonds. The van der Waals surface area contributed by atoms with Gasteiger partial charge in [0.05, 0.1) is 26.4 Å². The Morgan fingerprint density at radius 3 is 0.439 bits per heavy atom. The van der Waals surface area contributed by atoms with Crippen molar-refractivity contribution in [3.8, 4) is 0 Å². The summed E-state index contributed by atoms with van der Waals surface area (Å²) in [6, 6.07) is 122. The minimum absolute atomic E-state index is 0. The molecule has 0 aliphatic carbocycles. The Labute approximate surface area is 644 Å². The Kier molecular flexibility index (Phi) is 50.5. The summed E-state index contributed by atoms with van der Waals surface area (Å²) < 4.78 is 138. The summed E-state index contributed by atoms with van der Waals surface area (Å²) in [4.78, 5) is 0. The Morgan fingerprint density at radius 2 is 0.357 bits per heavy atom. The maximum absolute atomic E-state index is 10.7. The van der Waals surface area contributed by atoms with Gasteiger partial charge in [-0.1, -0.05) is 24.3 Å². The van der Waals surface area contributed by atoms with Crippen molar-refractivity contribution in [1.82, 2.24) is 0 Å². The molecule has 12 aromatic rings. The zero-order chi connectivity index (χ0) is 68.3. The summed E-state index contributed by atoms with van der Waals surface area (Å²) in [6.45, 7) is 7.11.